The summed E-state index contributed by atoms with van der Waals surface area (Å²) < 4.78 is 5.30. The third-order valence-corrected chi connectivity index (χ3v) is 5.04. The monoisotopic (exact) mass is 319 g/mol. The van der Waals surface area contributed by atoms with Crippen molar-refractivity contribution in [2.75, 3.05) is 31.6 Å². The fraction of sp³-hybridized carbons (Fsp3) is 0.588. The van der Waals surface area contributed by atoms with E-state index in [4.69, 9.17) is 10.5 Å². The normalized spacial score (nSPS) is 28.2. The Morgan fingerprint density at radius 1 is 1.30 bits per heavy atom. The SMILES string of the molecule is NC(=O)C1(Nc2ccccc2)CCN([C@@H]2CCOC[C@H]2O)CC1. The summed E-state index contributed by atoms with van der Waals surface area (Å²) in [7, 11) is 0. The molecule has 2 saturated heterocycles. The first-order valence-electron chi connectivity index (χ1n) is 8.24. The lowest BCUT2D eigenvalue weighted by atomic mass is 9.85. The van der Waals surface area contributed by atoms with E-state index in [1.807, 2.05) is 30.3 Å². The van der Waals surface area contributed by atoms with Crippen molar-refractivity contribution in [3.8, 4) is 0 Å². The van der Waals surface area contributed by atoms with Gasteiger partial charge in [0.15, 0.2) is 0 Å². The molecule has 126 valence electrons. The van der Waals surface area contributed by atoms with Gasteiger partial charge in [-0.1, -0.05) is 18.2 Å². The maximum atomic E-state index is 12.1. The van der Waals surface area contributed by atoms with Gasteiger partial charge < -0.3 is 20.9 Å². The number of aliphatic hydroxyl groups is 1. The molecule has 0 aliphatic carbocycles. The van der Waals surface area contributed by atoms with E-state index in [1.54, 1.807) is 0 Å². The molecule has 6 heteroatoms. The highest BCUT2D eigenvalue weighted by atomic mass is 16.5. The van der Waals surface area contributed by atoms with Crippen molar-refractivity contribution in [1.82, 2.24) is 4.90 Å². The van der Waals surface area contributed by atoms with Crippen LogP contribution in [0.15, 0.2) is 30.3 Å². The van der Waals surface area contributed by atoms with Crippen molar-refractivity contribution in [2.24, 2.45) is 5.73 Å². The van der Waals surface area contributed by atoms with Gasteiger partial charge in [-0.25, -0.2) is 0 Å². The number of piperidine rings is 1. The van der Waals surface area contributed by atoms with Crippen LogP contribution in [0.3, 0.4) is 0 Å². The highest BCUT2D eigenvalue weighted by molar-refractivity contribution is 5.88. The van der Waals surface area contributed by atoms with Crippen LogP contribution in [0.5, 0.6) is 0 Å². The quantitative estimate of drug-likeness (QED) is 0.755. The Morgan fingerprint density at radius 2 is 2.00 bits per heavy atom. The number of carbonyl (C=O) groups is 1. The lowest BCUT2D eigenvalue weighted by Crippen LogP contribution is -2.60. The number of benzene rings is 1. The highest BCUT2D eigenvalue weighted by Crippen LogP contribution is 2.29. The van der Waals surface area contributed by atoms with Crippen molar-refractivity contribution >= 4 is 11.6 Å². The molecular formula is C17H25N3O3. The molecule has 2 aliphatic rings. The maximum Gasteiger partial charge on any atom is 0.243 e. The highest BCUT2D eigenvalue weighted by Gasteiger charge is 2.42. The summed E-state index contributed by atoms with van der Waals surface area (Å²) >= 11 is 0. The first kappa shape index (κ1) is 16.2. The zero-order valence-electron chi connectivity index (χ0n) is 13.3. The predicted molar refractivity (Wildman–Crippen MR) is 88.0 cm³/mol. The van der Waals surface area contributed by atoms with Gasteiger partial charge in [0.1, 0.15) is 5.54 Å². The average molecular weight is 319 g/mol. The van der Waals surface area contributed by atoms with Gasteiger partial charge >= 0.3 is 0 Å². The van der Waals surface area contributed by atoms with E-state index in [1.165, 1.54) is 0 Å². The van der Waals surface area contributed by atoms with Gasteiger partial charge in [-0.2, -0.15) is 0 Å². The van der Waals surface area contributed by atoms with E-state index < -0.39 is 11.6 Å². The van der Waals surface area contributed by atoms with E-state index in [0.717, 1.165) is 25.2 Å². The number of nitrogens with one attached hydrogen (secondary N) is 1. The third-order valence-electron chi connectivity index (χ3n) is 5.04. The second kappa shape index (κ2) is 6.86. The number of nitrogens with two attached hydrogens (primary N) is 1. The van der Waals surface area contributed by atoms with Gasteiger partial charge in [0.25, 0.3) is 0 Å². The topological polar surface area (TPSA) is 87.8 Å². The number of nitrogens with zero attached hydrogens (tertiary/aromatic N) is 1. The van der Waals surface area contributed by atoms with Crippen LogP contribution in [0.1, 0.15) is 19.3 Å². The molecule has 2 atom stereocenters. The molecule has 2 heterocycles. The van der Waals surface area contributed by atoms with Crippen molar-refractivity contribution in [1.29, 1.82) is 0 Å². The molecular weight excluding hydrogens is 294 g/mol. The van der Waals surface area contributed by atoms with Crippen LogP contribution >= 0.6 is 0 Å². The number of rotatable bonds is 4. The summed E-state index contributed by atoms with van der Waals surface area (Å²) in [6.45, 7) is 2.56. The smallest absolute Gasteiger partial charge is 0.243 e. The average Bonchev–Trinajstić information content (AvgIpc) is 2.57. The molecule has 0 bridgehead atoms. The van der Waals surface area contributed by atoms with E-state index in [0.29, 0.717) is 26.1 Å². The molecule has 2 aliphatic heterocycles. The van der Waals surface area contributed by atoms with Crippen molar-refractivity contribution in [3.05, 3.63) is 30.3 Å². The summed E-state index contributed by atoms with van der Waals surface area (Å²) in [6, 6.07) is 9.82. The molecule has 0 saturated carbocycles. The molecule has 2 fully saturated rings. The number of para-hydroxylation sites is 1. The number of hydrogen-bond donors (Lipinski definition) is 3. The van der Waals surface area contributed by atoms with Gasteiger partial charge in [0.05, 0.1) is 12.7 Å². The number of amides is 1. The van der Waals surface area contributed by atoms with Gasteiger partial charge in [0, 0.05) is 31.4 Å². The van der Waals surface area contributed by atoms with Gasteiger partial charge in [-0.15, -0.1) is 0 Å². The zero-order chi connectivity index (χ0) is 16.3. The summed E-state index contributed by atoms with van der Waals surface area (Å²) in [4.78, 5) is 14.4. The Balaban J connectivity index is 1.67. The molecule has 0 unspecified atom stereocenters. The standard InChI is InChI=1S/C17H25N3O3/c18-16(22)17(19-13-4-2-1-3-5-13)7-9-20(10-8-17)14-6-11-23-12-15(14)21/h1-5,14-15,19,21H,6-12H2,(H2,18,22)/t14-,15-/m1/s1. The maximum absolute atomic E-state index is 12.1. The predicted octanol–water partition coefficient (Wildman–Crippen LogP) is 0.568. The number of aliphatic hydroxyl groups excluding tert-OH is 1. The van der Waals surface area contributed by atoms with Crippen LogP contribution in [0.4, 0.5) is 5.69 Å². The van der Waals surface area contributed by atoms with Gasteiger partial charge in [-0.05, 0) is 31.4 Å². The number of hydrogen-bond acceptors (Lipinski definition) is 5. The molecule has 1 amide bonds. The molecule has 0 spiro atoms. The Bertz CT molecular complexity index is 529. The van der Waals surface area contributed by atoms with Crippen LogP contribution in [0.2, 0.25) is 0 Å². The van der Waals surface area contributed by atoms with Crippen molar-refractivity contribution in [2.45, 2.75) is 36.9 Å². The minimum Gasteiger partial charge on any atom is -0.389 e. The molecule has 0 radical (unpaired) electrons. The Morgan fingerprint density at radius 3 is 2.61 bits per heavy atom. The third kappa shape index (κ3) is 3.49. The molecule has 6 nitrogen and oxygen atoms in total. The Labute approximate surface area is 136 Å². The molecule has 1 aromatic rings. The summed E-state index contributed by atoms with van der Waals surface area (Å²) in [5.41, 5.74) is 5.91. The lowest BCUT2D eigenvalue weighted by molar-refractivity contribution is -0.125. The number of ether oxygens (including phenoxy) is 1. The zero-order valence-corrected chi connectivity index (χ0v) is 13.3. The van der Waals surface area contributed by atoms with Crippen LogP contribution in [0, 0.1) is 0 Å². The molecule has 23 heavy (non-hydrogen) atoms. The van der Waals surface area contributed by atoms with Crippen LogP contribution in [-0.2, 0) is 9.53 Å². The summed E-state index contributed by atoms with van der Waals surface area (Å²) in [5.74, 6) is -0.312. The molecule has 3 rings (SSSR count). The number of likely N-dealkylation sites (tertiary alicyclic amines) is 1. The van der Waals surface area contributed by atoms with Gasteiger partial charge in [-0.3, -0.25) is 9.69 Å². The molecule has 1 aromatic carbocycles. The Kier molecular flexibility index (Phi) is 4.84. The van der Waals surface area contributed by atoms with Crippen molar-refractivity contribution in [3.63, 3.8) is 0 Å². The van der Waals surface area contributed by atoms with Crippen LogP contribution < -0.4 is 11.1 Å². The fourth-order valence-electron chi connectivity index (χ4n) is 3.61. The van der Waals surface area contributed by atoms with Gasteiger partial charge in [0.2, 0.25) is 5.91 Å². The van der Waals surface area contributed by atoms with E-state index >= 15 is 0 Å². The first-order valence-corrected chi connectivity index (χ1v) is 8.24. The second-order valence-electron chi connectivity index (χ2n) is 6.47. The van der Waals surface area contributed by atoms with Crippen LogP contribution in [-0.4, -0.2) is 59.9 Å². The minimum atomic E-state index is -0.714. The Hall–Kier alpha value is -1.63. The minimum absolute atomic E-state index is 0.117. The van der Waals surface area contributed by atoms with Crippen LogP contribution in [0.25, 0.3) is 0 Å². The molecule has 0 aromatic heterocycles. The summed E-state index contributed by atoms with van der Waals surface area (Å²) in [5, 5.41) is 13.5. The number of primary amides is 1. The number of anilines is 1. The first-order chi connectivity index (χ1) is 11.1. The fourth-order valence-corrected chi connectivity index (χ4v) is 3.61. The number of carbonyl (C=O) groups excluding carboxylic acids is 1. The largest absolute Gasteiger partial charge is 0.389 e. The van der Waals surface area contributed by atoms with Crippen molar-refractivity contribution < 1.29 is 14.6 Å². The van der Waals surface area contributed by atoms with E-state index in [-0.39, 0.29) is 11.9 Å². The summed E-state index contributed by atoms with van der Waals surface area (Å²) in [6.07, 6.45) is 1.66. The van der Waals surface area contributed by atoms with E-state index in [9.17, 15) is 9.90 Å². The lowest BCUT2D eigenvalue weighted by Gasteiger charge is -2.45. The molecule has 4 N–H and O–H groups in total. The second-order valence-corrected chi connectivity index (χ2v) is 6.47. The van der Waals surface area contributed by atoms with E-state index in [2.05, 4.69) is 10.2 Å².